The van der Waals surface area contributed by atoms with Crippen molar-refractivity contribution in [1.29, 1.82) is 0 Å². The number of hydrogen-bond donors (Lipinski definition) is 0. The minimum Gasteiger partial charge on any atom is -0.344 e. The maximum atomic E-state index is 14.4. The van der Waals surface area contributed by atoms with Crippen molar-refractivity contribution in [1.82, 2.24) is 9.80 Å². The molecule has 0 aromatic heterocycles. The molecule has 2 spiro atoms. The molecule has 0 bridgehead atoms. The van der Waals surface area contributed by atoms with Crippen LogP contribution >= 0.6 is 0 Å². The second kappa shape index (κ2) is 5.35. The molecule has 9 nitrogen and oxygen atoms in total. The summed E-state index contributed by atoms with van der Waals surface area (Å²) >= 11 is 0. The first-order valence-corrected chi connectivity index (χ1v) is 11.5. The maximum Gasteiger partial charge on any atom is 0.263 e. The van der Waals surface area contributed by atoms with E-state index in [-0.39, 0.29) is 5.91 Å². The highest BCUT2D eigenvalue weighted by atomic mass is 16.2. The molecule has 2 aromatic carbocycles. The lowest BCUT2D eigenvalue weighted by Gasteiger charge is -2.56. The van der Waals surface area contributed by atoms with E-state index in [9.17, 15) is 24.0 Å². The van der Waals surface area contributed by atoms with E-state index in [0.717, 1.165) is 15.4 Å². The van der Waals surface area contributed by atoms with E-state index in [1.165, 1.54) is 19.0 Å². The SMILES string of the molecule is CN1C(=O)[C@H]2[C@@H](C1=O)[C@@]13C(=O)N(C)C(=O)[C@@]14c1ccccc1C(=O)N4c1cccc4c1N3[C@H]2C=C4. The van der Waals surface area contributed by atoms with E-state index in [4.69, 9.17) is 0 Å². The van der Waals surface area contributed by atoms with Crippen LogP contribution in [0.25, 0.3) is 6.08 Å². The fourth-order valence-electron chi connectivity index (χ4n) is 7.82. The molecule has 3 fully saturated rings. The number of imide groups is 2. The predicted molar refractivity (Wildman–Crippen MR) is 122 cm³/mol. The maximum absolute atomic E-state index is 14.4. The van der Waals surface area contributed by atoms with Crippen molar-refractivity contribution in [3.8, 4) is 0 Å². The first kappa shape index (κ1) is 19.1. The standard InChI is InChI=1S/C26H18N4O5/c1-27-21(32)17-15-11-10-12-6-5-9-16-19(12)29(15)26(18(17)22(27)33)24(35)28(2)23(34)25(26)14-8-4-3-7-13(14)20(31)30(16)25/h3-11,15,17-18H,1-2H3/t15-,17+,18-,25-,26+/m0/s1. The summed E-state index contributed by atoms with van der Waals surface area (Å²) in [5.74, 6) is -4.40. The van der Waals surface area contributed by atoms with Crippen molar-refractivity contribution in [2.45, 2.75) is 17.1 Å². The van der Waals surface area contributed by atoms with Crippen LogP contribution in [0.2, 0.25) is 0 Å². The summed E-state index contributed by atoms with van der Waals surface area (Å²) in [6.07, 6.45) is 3.72. The van der Waals surface area contributed by atoms with Gasteiger partial charge in [-0.15, -0.1) is 0 Å². The van der Waals surface area contributed by atoms with E-state index in [2.05, 4.69) is 0 Å². The average Bonchev–Trinajstić information content (AvgIpc) is 3.47. The molecular formula is C26H18N4O5. The minimum atomic E-state index is -1.80. The number of para-hydroxylation sites is 1. The Morgan fingerprint density at radius 1 is 0.829 bits per heavy atom. The van der Waals surface area contributed by atoms with E-state index >= 15 is 0 Å². The number of rotatable bonds is 0. The molecule has 5 atom stereocenters. The molecule has 2 aromatic rings. The molecule has 6 aliphatic heterocycles. The molecule has 3 saturated heterocycles. The monoisotopic (exact) mass is 466 g/mol. The van der Waals surface area contributed by atoms with Gasteiger partial charge in [0.05, 0.1) is 29.3 Å². The number of fused-ring (bicyclic) bond motifs is 4. The van der Waals surface area contributed by atoms with Gasteiger partial charge in [0.2, 0.25) is 11.8 Å². The Morgan fingerprint density at radius 3 is 2.40 bits per heavy atom. The normalized spacial score (nSPS) is 35.0. The third-order valence-corrected chi connectivity index (χ3v) is 8.95. The van der Waals surface area contributed by atoms with Gasteiger partial charge < -0.3 is 4.90 Å². The van der Waals surface area contributed by atoms with E-state index in [0.29, 0.717) is 22.5 Å². The number of amides is 5. The Kier molecular flexibility index (Phi) is 2.92. The quantitative estimate of drug-likeness (QED) is 0.532. The number of anilines is 2. The van der Waals surface area contributed by atoms with Crippen LogP contribution in [-0.2, 0) is 24.7 Å². The topological polar surface area (TPSA) is 98.3 Å². The van der Waals surface area contributed by atoms with Crippen molar-refractivity contribution in [2.75, 3.05) is 23.9 Å². The summed E-state index contributed by atoms with van der Waals surface area (Å²) in [5, 5.41) is 0. The summed E-state index contributed by atoms with van der Waals surface area (Å²) in [6, 6.07) is 11.6. The van der Waals surface area contributed by atoms with Crippen molar-refractivity contribution in [2.24, 2.45) is 11.8 Å². The fourth-order valence-corrected chi connectivity index (χ4v) is 7.82. The highest BCUT2D eigenvalue weighted by molar-refractivity contribution is 6.31. The summed E-state index contributed by atoms with van der Waals surface area (Å²) in [6.45, 7) is 0. The van der Waals surface area contributed by atoms with Crippen LogP contribution in [-0.4, -0.2) is 65.0 Å². The van der Waals surface area contributed by atoms with Gasteiger partial charge in [0.1, 0.15) is 0 Å². The van der Waals surface area contributed by atoms with E-state index in [1.54, 1.807) is 30.3 Å². The molecule has 9 heteroatoms. The lowest BCUT2D eigenvalue weighted by molar-refractivity contribution is -0.143. The smallest absolute Gasteiger partial charge is 0.263 e. The number of carbonyl (C=O) groups is 5. The Labute approximate surface area is 199 Å². The number of benzene rings is 2. The molecule has 0 radical (unpaired) electrons. The summed E-state index contributed by atoms with van der Waals surface area (Å²) in [5.41, 5.74) is -1.02. The van der Waals surface area contributed by atoms with Crippen molar-refractivity contribution >= 4 is 47.0 Å². The Hall–Kier alpha value is -4.27. The summed E-state index contributed by atoms with van der Waals surface area (Å²) < 4.78 is 0. The lowest BCUT2D eigenvalue weighted by Crippen LogP contribution is -2.75. The number of nitrogens with zero attached hydrogens (tertiary/aromatic N) is 4. The first-order valence-electron chi connectivity index (χ1n) is 11.5. The van der Waals surface area contributed by atoms with Gasteiger partial charge in [-0.3, -0.25) is 38.7 Å². The van der Waals surface area contributed by atoms with Crippen molar-refractivity contribution in [3.05, 3.63) is 65.2 Å². The molecule has 35 heavy (non-hydrogen) atoms. The Morgan fingerprint density at radius 2 is 1.60 bits per heavy atom. The Bertz CT molecular complexity index is 1550. The zero-order valence-electron chi connectivity index (χ0n) is 18.8. The number of likely N-dealkylation sites (tertiary alicyclic amines) is 2. The second-order valence-corrected chi connectivity index (χ2v) is 10.0. The zero-order chi connectivity index (χ0) is 24.2. The van der Waals surface area contributed by atoms with Gasteiger partial charge in [0, 0.05) is 25.2 Å². The highest BCUT2D eigenvalue weighted by Crippen LogP contribution is 2.70. The van der Waals surface area contributed by atoms with Crippen LogP contribution in [0.15, 0.2) is 48.5 Å². The summed E-state index contributed by atoms with van der Waals surface area (Å²) in [7, 11) is 2.82. The molecular weight excluding hydrogens is 448 g/mol. The first-order chi connectivity index (χ1) is 16.8. The number of likely N-dealkylation sites (N-methyl/N-ethyl adjacent to an activating group) is 1. The van der Waals surface area contributed by atoms with Crippen LogP contribution in [0.1, 0.15) is 21.5 Å². The van der Waals surface area contributed by atoms with Gasteiger partial charge in [0.25, 0.3) is 17.7 Å². The van der Waals surface area contributed by atoms with Gasteiger partial charge in [0.15, 0.2) is 11.1 Å². The Balaban J connectivity index is 1.63. The molecule has 0 saturated carbocycles. The number of hydrogen-bond acceptors (Lipinski definition) is 6. The van der Waals surface area contributed by atoms with Crippen LogP contribution in [0, 0.1) is 11.8 Å². The second-order valence-electron chi connectivity index (χ2n) is 10.0. The molecule has 5 amide bonds. The van der Waals surface area contributed by atoms with E-state index < -0.39 is 52.6 Å². The molecule has 6 heterocycles. The van der Waals surface area contributed by atoms with E-state index in [1.807, 2.05) is 29.2 Å². The third kappa shape index (κ3) is 1.52. The van der Waals surface area contributed by atoms with Gasteiger partial charge in [-0.05, 0) is 17.7 Å². The van der Waals surface area contributed by atoms with Crippen LogP contribution in [0.3, 0.4) is 0 Å². The third-order valence-electron chi connectivity index (χ3n) is 8.95. The van der Waals surface area contributed by atoms with Gasteiger partial charge in [-0.1, -0.05) is 42.5 Å². The highest BCUT2D eigenvalue weighted by Gasteiger charge is 2.88. The minimum absolute atomic E-state index is 0.318. The van der Waals surface area contributed by atoms with Crippen LogP contribution < -0.4 is 9.80 Å². The van der Waals surface area contributed by atoms with Crippen LogP contribution in [0.5, 0.6) is 0 Å². The van der Waals surface area contributed by atoms with Crippen molar-refractivity contribution < 1.29 is 24.0 Å². The van der Waals surface area contributed by atoms with Gasteiger partial charge >= 0.3 is 0 Å². The largest absolute Gasteiger partial charge is 0.344 e. The van der Waals surface area contributed by atoms with Crippen molar-refractivity contribution in [3.63, 3.8) is 0 Å². The van der Waals surface area contributed by atoms with Crippen LogP contribution in [0.4, 0.5) is 11.4 Å². The molecule has 0 aliphatic carbocycles. The van der Waals surface area contributed by atoms with Gasteiger partial charge in [-0.25, -0.2) is 0 Å². The number of carbonyl (C=O) groups excluding carboxylic acids is 5. The predicted octanol–water partition coefficient (Wildman–Crippen LogP) is 0.740. The fraction of sp³-hybridized carbons (Fsp3) is 0.269. The molecule has 6 aliphatic rings. The lowest BCUT2D eigenvalue weighted by atomic mass is 9.64. The van der Waals surface area contributed by atoms with Gasteiger partial charge in [-0.2, -0.15) is 0 Å². The average molecular weight is 466 g/mol. The zero-order valence-corrected chi connectivity index (χ0v) is 18.8. The molecule has 8 rings (SSSR count). The molecule has 172 valence electrons. The molecule has 0 N–H and O–H groups in total. The molecule has 0 unspecified atom stereocenters. The summed E-state index contributed by atoms with van der Waals surface area (Å²) in [4.78, 5) is 75.4.